The third kappa shape index (κ3) is 4.43. The highest BCUT2D eigenvalue weighted by molar-refractivity contribution is 6.32. The number of methoxy groups -OCH3 is 2. The monoisotopic (exact) mass is 411 g/mol. The molecule has 0 aliphatic carbocycles. The molecule has 0 saturated carbocycles. The van der Waals surface area contributed by atoms with Crippen molar-refractivity contribution in [1.82, 2.24) is 9.78 Å². The predicted molar refractivity (Wildman–Crippen MR) is 115 cm³/mol. The van der Waals surface area contributed by atoms with Crippen molar-refractivity contribution in [3.63, 3.8) is 0 Å². The van der Waals surface area contributed by atoms with Gasteiger partial charge in [-0.25, -0.2) is 4.68 Å². The largest absolute Gasteiger partial charge is 0.495 e. The van der Waals surface area contributed by atoms with E-state index < -0.39 is 0 Å². The topological polar surface area (TPSA) is 65.4 Å². The number of hydrogen-bond donors (Lipinski definition) is 1. The van der Waals surface area contributed by atoms with E-state index in [2.05, 4.69) is 10.4 Å². The lowest BCUT2D eigenvalue weighted by Gasteiger charge is -2.12. The van der Waals surface area contributed by atoms with Gasteiger partial charge in [0.25, 0.3) is 0 Å². The number of amides is 1. The molecule has 2 aromatic carbocycles. The van der Waals surface area contributed by atoms with Crippen molar-refractivity contribution < 1.29 is 14.3 Å². The Morgan fingerprint density at radius 1 is 1.10 bits per heavy atom. The van der Waals surface area contributed by atoms with Crippen LogP contribution in [0.1, 0.15) is 17.0 Å². The summed E-state index contributed by atoms with van der Waals surface area (Å²) in [7, 11) is 3.03. The summed E-state index contributed by atoms with van der Waals surface area (Å²) in [5, 5.41) is 7.74. The van der Waals surface area contributed by atoms with Gasteiger partial charge in [-0.05, 0) is 38.1 Å². The summed E-state index contributed by atoms with van der Waals surface area (Å²) in [5.74, 6) is 0.615. The molecule has 0 saturated heterocycles. The zero-order chi connectivity index (χ0) is 21.0. The van der Waals surface area contributed by atoms with Gasteiger partial charge < -0.3 is 14.8 Å². The predicted octanol–water partition coefficient (Wildman–Crippen LogP) is 4.81. The molecule has 0 fully saturated rings. The number of halogens is 1. The fourth-order valence-corrected chi connectivity index (χ4v) is 3.25. The average molecular weight is 412 g/mol. The number of aromatic nitrogens is 2. The summed E-state index contributed by atoms with van der Waals surface area (Å²) in [5.41, 5.74) is 4.10. The van der Waals surface area contributed by atoms with Gasteiger partial charge in [-0.3, -0.25) is 4.79 Å². The molecule has 0 aliphatic rings. The molecule has 0 spiro atoms. The summed E-state index contributed by atoms with van der Waals surface area (Å²) in [4.78, 5) is 12.5. The average Bonchev–Trinajstić information content (AvgIpc) is 3.01. The number of anilines is 1. The molecule has 7 heteroatoms. The lowest BCUT2D eigenvalue weighted by Crippen LogP contribution is -2.09. The number of nitrogens with zero attached hydrogens (tertiary/aromatic N) is 2. The molecule has 1 aromatic heterocycles. The smallest absolute Gasteiger partial charge is 0.248 e. The van der Waals surface area contributed by atoms with Crippen molar-refractivity contribution in [2.24, 2.45) is 0 Å². The second-order valence-corrected chi connectivity index (χ2v) is 6.75. The van der Waals surface area contributed by atoms with E-state index >= 15 is 0 Å². The quantitative estimate of drug-likeness (QED) is 0.591. The number of carbonyl (C=O) groups is 1. The van der Waals surface area contributed by atoms with Crippen LogP contribution >= 0.6 is 11.6 Å². The standard InChI is InChI=1S/C22H22ClN3O3/c1-14-17(15(2)26(25-14)16-8-6-5-7-9-16)10-11-22(27)24-19-12-18(23)20(28-3)13-21(19)29-4/h5-13H,1-4H3,(H,24,27)/b11-10+. The minimum atomic E-state index is -0.309. The molecule has 0 bridgehead atoms. The van der Waals surface area contributed by atoms with E-state index in [1.165, 1.54) is 20.3 Å². The van der Waals surface area contributed by atoms with E-state index in [0.29, 0.717) is 22.2 Å². The van der Waals surface area contributed by atoms with Gasteiger partial charge >= 0.3 is 0 Å². The number of para-hydroxylation sites is 1. The summed E-state index contributed by atoms with van der Waals surface area (Å²) in [6.07, 6.45) is 3.22. The first-order chi connectivity index (χ1) is 13.9. The first-order valence-corrected chi connectivity index (χ1v) is 9.34. The molecule has 0 atom stereocenters. The van der Waals surface area contributed by atoms with E-state index in [9.17, 15) is 4.79 Å². The van der Waals surface area contributed by atoms with Crippen LogP contribution in [0.2, 0.25) is 5.02 Å². The van der Waals surface area contributed by atoms with Gasteiger partial charge in [-0.1, -0.05) is 29.8 Å². The number of nitrogens with one attached hydrogen (secondary N) is 1. The summed E-state index contributed by atoms with van der Waals surface area (Å²) < 4.78 is 12.3. The van der Waals surface area contributed by atoms with Crippen molar-refractivity contribution in [2.75, 3.05) is 19.5 Å². The van der Waals surface area contributed by atoms with Gasteiger partial charge in [0.05, 0.1) is 36.3 Å². The Morgan fingerprint density at radius 2 is 1.79 bits per heavy atom. The maximum absolute atomic E-state index is 12.5. The van der Waals surface area contributed by atoms with Crippen molar-refractivity contribution in [1.29, 1.82) is 0 Å². The highest BCUT2D eigenvalue weighted by Crippen LogP contribution is 2.35. The number of benzene rings is 2. The molecule has 0 unspecified atom stereocenters. The summed E-state index contributed by atoms with van der Waals surface area (Å²) in [6.45, 7) is 3.88. The van der Waals surface area contributed by atoms with Crippen LogP contribution in [0.4, 0.5) is 5.69 Å². The molecule has 6 nitrogen and oxygen atoms in total. The van der Waals surface area contributed by atoms with E-state index in [1.807, 2.05) is 48.9 Å². The second kappa shape index (κ2) is 8.84. The molecule has 1 heterocycles. The minimum Gasteiger partial charge on any atom is -0.495 e. The highest BCUT2D eigenvalue weighted by atomic mass is 35.5. The van der Waals surface area contributed by atoms with Gasteiger partial charge in [-0.15, -0.1) is 0 Å². The molecule has 0 aliphatic heterocycles. The molecule has 3 aromatic rings. The molecule has 3 rings (SSSR count). The Balaban J connectivity index is 1.82. The lowest BCUT2D eigenvalue weighted by atomic mass is 10.2. The Kier molecular flexibility index (Phi) is 6.24. The van der Waals surface area contributed by atoms with Crippen LogP contribution in [0.25, 0.3) is 11.8 Å². The number of ether oxygens (including phenoxy) is 2. The number of carbonyl (C=O) groups excluding carboxylic acids is 1. The SMILES string of the molecule is COc1cc(OC)c(NC(=O)/C=C/c2c(C)nn(-c3ccccc3)c2C)cc1Cl. The van der Waals surface area contributed by atoms with Crippen molar-refractivity contribution in [3.05, 3.63) is 70.5 Å². The molecule has 1 amide bonds. The normalized spacial score (nSPS) is 10.9. The second-order valence-electron chi connectivity index (χ2n) is 6.34. The van der Waals surface area contributed by atoms with E-state index in [0.717, 1.165) is 22.6 Å². The number of rotatable bonds is 6. The van der Waals surface area contributed by atoms with E-state index in [-0.39, 0.29) is 5.91 Å². The fourth-order valence-electron chi connectivity index (χ4n) is 3.01. The fraction of sp³-hybridized carbons (Fsp3) is 0.182. The van der Waals surface area contributed by atoms with Crippen LogP contribution in [-0.4, -0.2) is 29.9 Å². The van der Waals surface area contributed by atoms with Gasteiger partial charge in [0.15, 0.2) is 0 Å². The number of hydrogen-bond acceptors (Lipinski definition) is 4. The first kappa shape index (κ1) is 20.5. The van der Waals surface area contributed by atoms with Crippen LogP contribution in [0.3, 0.4) is 0 Å². The zero-order valence-corrected chi connectivity index (χ0v) is 17.4. The maximum Gasteiger partial charge on any atom is 0.248 e. The van der Waals surface area contributed by atoms with Crippen molar-refractivity contribution in [2.45, 2.75) is 13.8 Å². The molecule has 1 N–H and O–H groups in total. The highest BCUT2D eigenvalue weighted by Gasteiger charge is 2.13. The Morgan fingerprint density at radius 3 is 2.45 bits per heavy atom. The number of aryl methyl sites for hydroxylation is 1. The molecule has 29 heavy (non-hydrogen) atoms. The first-order valence-electron chi connectivity index (χ1n) is 8.96. The van der Waals surface area contributed by atoms with E-state index in [4.69, 9.17) is 21.1 Å². The van der Waals surface area contributed by atoms with Crippen LogP contribution in [-0.2, 0) is 4.79 Å². The van der Waals surface area contributed by atoms with Crippen molar-refractivity contribution in [3.8, 4) is 17.2 Å². The Bertz CT molecular complexity index is 1060. The minimum absolute atomic E-state index is 0.309. The summed E-state index contributed by atoms with van der Waals surface area (Å²) >= 11 is 6.16. The van der Waals surface area contributed by atoms with Gasteiger partial charge in [0.1, 0.15) is 11.5 Å². The molecular weight excluding hydrogens is 390 g/mol. The molecular formula is C22H22ClN3O3. The van der Waals surface area contributed by atoms with Crippen LogP contribution in [0.15, 0.2) is 48.5 Å². The lowest BCUT2D eigenvalue weighted by molar-refractivity contribution is -0.111. The van der Waals surface area contributed by atoms with Gasteiger partial charge in [0.2, 0.25) is 5.91 Å². The van der Waals surface area contributed by atoms with E-state index in [1.54, 1.807) is 18.2 Å². The van der Waals surface area contributed by atoms with Crippen LogP contribution in [0.5, 0.6) is 11.5 Å². The van der Waals surface area contributed by atoms with Crippen LogP contribution in [0, 0.1) is 13.8 Å². The van der Waals surface area contributed by atoms with Crippen molar-refractivity contribution >= 4 is 29.3 Å². The maximum atomic E-state index is 12.5. The molecule has 150 valence electrons. The third-order valence-electron chi connectivity index (χ3n) is 4.48. The molecule has 0 radical (unpaired) electrons. The Labute approximate surface area is 174 Å². The third-order valence-corrected chi connectivity index (χ3v) is 4.78. The van der Waals surface area contributed by atoms with Gasteiger partial charge in [-0.2, -0.15) is 5.10 Å². The van der Waals surface area contributed by atoms with Crippen LogP contribution < -0.4 is 14.8 Å². The van der Waals surface area contributed by atoms with Gasteiger partial charge in [0, 0.05) is 23.4 Å². The zero-order valence-electron chi connectivity index (χ0n) is 16.7. The summed E-state index contributed by atoms with van der Waals surface area (Å²) in [6, 6.07) is 13.1. The Hall–Kier alpha value is -3.25.